The molecule has 0 bridgehead atoms. The molecule has 1 aliphatic heterocycles. The Morgan fingerprint density at radius 2 is 1.71 bits per heavy atom. The summed E-state index contributed by atoms with van der Waals surface area (Å²) in [7, 11) is 5.95. The van der Waals surface area contributed by atoms with Crippen LogP contribution in [0.1, 0.15) is 29.2 Å². The Bertz CT molecular complexity index is 1340. The molecule has 1 N–H and O–H groups in total. The highest BCUT2D eigenvalue weighted by molar-refractivity contribution is 5.99. The number of hydrogen-bond acceptors (Lipinski definition) is 7. The van der Waals surface area contributed by atoms with E-state index in [1.165, 1.54) is 51.5 Å². The van der Waals surface area contributed by atoms with E-state index in [4.69, 9.17) is 23.7 Å². The molecule has 0 saturated heterocycles. The number of carboxylic acid groups (broad SMARTS) is 1. The van der Waals surface area contributed by atoms with Crippen LogP contribution in [0, 0.1) is 5.82 Å². The van der Waals surface area contributed by atoms with Gasteiger partial charge in [-0.1, -0.05) is 18.2 Å². The topological polar surface area (TPSA) is 104 Å². The molecule has 1 aliphatic rings. The molecule has 3 aromatic rings. The third-order valence-corrected chi connectivity index (χ3v) is 6.31. The summed E-state index contributed by atoms with van der Waals surface area (Å²) in [5.74, 6) is -0.668. The molecule has 0 fully saturated rings. The third kappa shape index (κ3) is 5.21. The van der Waals surface area contributed by atoms with E-state index in [0.29, 0.717) is 39.7 Å². The summed E-state index contributed by atoms with van der Waals surface area (Å²) in [6.45, 7) is -0.0378. The summed E-state index contributed by atoms with van der Waals surface area (Å²) in [5.41, 5.74) is 1.78. The maximum atomic E-state index is 14.7. The van der Waals surface area contributed by atoms with Crippen LogP contribution >= 0.6 is 0 Å². The van der Waals surface area contributed by atoms with Gasteiger partial charge in [-0.3, -0.25) is 9.59 Å². The Kier molecular flexibility index (Phi) is 8.02. The van der Waals surface area contributed by atoms with Gasteiger partial charge in [-0.05, 0) is 30.3 Å². The van der Waals surface area contributed by atoms with Crippen LogP contribution in [0.25, 0.3) is 0 Å². The Morgan fingerprint density at radius 1 is 0.947 bits per heavy atom. The number of amides is 1. The summed E-state index contributed by atoms with van der Waals surface area (Å²) >= 11 is 0. The minimum absolute atomic E-state index is 0.0378. The Balaban J connectivity index is 1.91. The van der Waals surface area contributed by atoms with Crippen molar-refractivity contribution in [3.05, 3.63) is 77.1 Å². The van der Waals surface area contributed by atoms with E-state index < -0.39 is 36.3 Å². The number of halogens is 1. The van der Waals surface area contributed by atoms with Gasteiger partial charge in [0.1, 0.15) is 29.5 Å². The summed E-state index contributed by atoms with van der Waals surface area (Å²) in [6, 6.07) is 14.3. The summed E-state index contributed by atoms with van der Waals surface area (Å²) in [4.78, 5) is 26.9. The highest BCUT2D eigenvalue weighted by atomic mass is 19.1. The monoisotopic (exact) mass is 525 g/mol. The Labute approximate surface area is 219 Å². The first kappa shape index (κ1) is 26.7. The molecule has 38 heavy (non-hydrogen) atoms. The molecule has 0 aromatic heterocycles. The number of aliphatic carboxylic acids is 1. The molecule has 2 atom stereocenters. The van der Waals surface area contributed by atoms with Gasteiger partial charge in [0.05, 0.1) is 47.1 Å². The fourth-order valence-electron chi connectivity index (χ4n) is 4.53. The van der Waals surface area contributed by atoms with Crippen LogP contribution < -0.4 is 23.8 Å². The zero-order valence-electron chi connectivity index (χ0n) is 21.4. The number of methoxy groups -OCH3 is 4. The van der Waals surface area contributed by atoms with E-state index in [2.05, 4.69) is 0 Å². The smallest absolute Gasteiger partial charge is 0.306 e. The Hall–Kier alpha value is -4.31. The first-order chi connectivity index (χ1) is 18.3. The number of para-hydroxylation sites is 1. The van der Waals surface area contributed by atoms with E-state index in [9.17, 15) is 19.1 Å². The molecule has 9 nitrogen and oxygen atoms in total. The molecule has 1 heterocycles. The van der Waals surface area contributed by atoms with Gasteiger partial charge in [0.15, 0.2) is 11.5 Å². The predicted octanol–water partition coefficient (Wildman–Crippen LogP) is 4.36. The lowest BCUT2D eigenvalue weighted by atomic mass is 9.97. The van der Waals surface area contributed by atoms with Crippen molar-refractivity contribution >= 4 is 17.6 Å². The van der Waals surface area contributed by atoms with Crippen LogP contribution in [-0.2, 0) is 20.9 Å². The maximum Gasteiger partial charge on any atom is 0.306 e. The van der Waals surface area contributed by atoms with Gasteiger partial charge < -0.3 is 33.7 Å². The van der Waals surface area contributed by atoms with Gasteiger partial charge in [0.25, 0.3) is 5.91 Å². The number of carbonyl (C=O) groups is 2. The number of hydrogen-bond donors (Lipinski definition) is 1. The van der Waals surface area contributed by atoms with Gasteiger partial charge in [-0.15, -0.1) is 0 Å². The first-order valence-electron chi connectivity index (χ1n) is 11.7. The number of ether oxygens (including phenoxy) is 5. The summed E-state index contributed by atoms with van der Waals surface area (Å²) in [5, 5.41) is 9.60. The van der Waals surface area contributed by atoms with Crippen molar-refractivity contribution < 1.29 is 42.8 Å². The lowest BCUT2D eigenvalue weighted by Gasteiger charge is -2.25. The van der Waals surface area contributed by atoms with E-state index in [0.717, 1.165) is 0 Å². The molecule has 10 heteroatoms. The van der Waals surface area contributed by atoms with E-state index in [1.54, 1.807) is 36.4 Å². The first-order valence-corrected chi connectivity index (χ1v) is 11.7. The number of rotatable bonds is 9. The molecule has 1 amide bonds. The second-order valence-electron chi connectivity index (χ2n) is 8.49. The molecular weight excluding hydrogens is 497 g/mol. The molecule has 0 radical (unpaired) electrons. The number of carbonyl (C=O) groups excluding carboxylic acids is 1. The number of carboxylic acids is 1. The molecule has 0 saturated carbocycles. The molecule has 0 aliphatic carbocycles. The predicted molar refractivity (Wildman–Crippen MR) is 136 cm³/mol. The van der Waals surface area contributed by atoms with Gasteiger partial charge in [0, 0.05) is 22.8 Å². The lowest BCUT2D eigenvalue weighted by molar-refractivity contribution is -0.147. The average Bonchev–Trinajstić information content (AvgIpc) is 3.02. The minimum atomic E-state index is -1.38. The number of nitrogens with zero attached hydrogens (tertiary/aromatic N) is 1. The van der Waals surface area contributed by atoms with E-state index >= 15 is 0 Å². The fraction of sp³-hybridized carbons (Fsp3) is 0.286. The molecule has 4 rings (SSSR count). The number of fused-ring (bicyclic) bond motifs is 1. The van der Waals surface area contributed by atoms with Crippen molar-refractivity contribution in [1.82, 2.24) is 0 Å². The van der Waals surface area contributed by atoms with Crippen molar-refractivity contribution in [2.75, 3.05) is 33.3 Å². The SMILES string of the molecule is COc1ccc(CN2C(=O)[C@@H](CC(=O)O)O[C@H](c3cccc(OC)c3OC)c3ccc(F)cc32)c(OC)c1. The number of benzene rings is 3. The van der Waals surface area contributed by atoms with Crippen molar-refractivity contribution in [2.45, 2.75) is 25.2 Å². The Morgan fingerprint density at radius 3 is 2.37 bits per heavy atom. The second kappa shape index (κ2) is 11.4. The van der Waals surface area contributed by atoms with Crippen molar-refractivity contribution in [3.8, 4) is 23.0 Å². The van der Waals surface area contributed by atoms with Gasteiger partial charge >= 0.3 is 5.97 Å². The molecule has 0 spiro atoms. The van der Waals surface area contributed by atoms with Crippen LogP contribution in [0.15, 0.2) is 54.6 Å². The second-order valence-corrected chi connectivity index (χ2v) is 8.49. The quantitative estimate of drug-likeness (QED) is 0.440. The zero-order valence-corrected chi connectivity index (χ0v) is 21.4. The van der Waals surface area contributed by atoms with Crippen LogP contribution in [0.4, 0.5) is 10.1 Å². The third-order valence-electron chi connectivity index (χ3n) is 6.31. The van der Waals surface area contributed by atoms with Gasteiger partial charge in [0.2, 0.25) is 0 Å². The fourth-order valence-corrected chi connectivity index (χ4v) is 4.53. The van der Waals surface area contributed by atoms with Gasteiger partial charge in [-0.2, -0.15) is 0 Å². The molecule has 200 valence electrons. The molecule has 0 unspecified atom stereocenters. The van der Waals surface area contributed by atoms with Crippen LogP contribution in [0.2, 0.25) is 0 Å². The van der Waals surface area contributed by atoms with Crippen molar-refractivity contribution in [2.24, 2.45) is 0 Å². The zero-order chi connectivity index (χ0) is 27.4. The average molecular weight is 526 g/mol. The van der Waals surface area contributed by atoms with Crippen LogP contribution in [-0.4, -0.2) is 51.5 Å². The number of anilines is 1. The highest BCUT2D eigenvalue weighted by Gasteiger charge is 2.39. The largest absolute Gasteiger partial charge is 0.497 e. The molecular formula is C28H28FNO8. The lowest BCUT2D eigenvalue weighted by Crippen LogP contribution is -2.40. The van der Waals surface area contributed by atoms with Crippen molar-refractivity contribution in [3.63, 3.8) is 0 Å². The highest BCUT2D eigenvalue weighted by Crippen LogP contribution is 2.45. The molecule has 3 aromatic carbocycles. The standard InChI is InChI=1S/C28H28FNO8/c1-34-18-10-8-16(23(13-18)36-3)15-30-21-12-17(29)9-11-19(21)26(38-24(28(30)33)14-25(31)32)20-6-5-7-22(35-2)27(20)37-4/h5-13,24,26H,14-15H2,1-4H3,(H,31,32)/t24-,26+/m1/s1. The maximum absolute atomic E-state index is 14.7. The summed E-state index contributed by atoms with van der Waals surface area (Å²) < 4.78 is 42.6. The van der Waals surface area contributed by atoms with E-state index in [1.807, 2.05) is 0 Å². The van der Waals surface area contributed by atoms with E-state index in [-0.39, 0.29) is 12.2 Å². The van der Waals surface area contributed by atoms with Crippen LogP contribution in [0.5, 0.6) is 23.0 Å². The van der Waals surface area contributed by atoms with Crippen LogP contribution in [0.3, 0.4) is 0 Å². The minimum Gasteiger partial charge on any atom is -0.497 e. The summed E-state index contributed by atoms with van der Waals surface area (Å²) in [6.07, 6.45) is -2.95. The normalized spacial score (nSPS) is 16.9. The van der Waals surface area contributed by atoms with Crippen molar-refractivity contribution in [1.29, 1.82) is 0 Å². The van der Waals surface area contributed by atoms with Gasteiger partial charge in [-0.25, -0.2) is 4.39 Å².